The first-order valence-electron chi connectivity index (χ1n) is 6.35. The van der Waals surface area contributed by atoms with Gasteiger partial charge in [0.1, 0.15) is 0 Å². The molecule has 0 saturated carbocycles. The third kappa shape index (κ3) is 1.90. The minimum atomic E-state index is -0.145. The number of rotatable bonds is 1. The maximum absolute atomic E-state index is 11.3. The van der Waals surface area contributed by atoms with Gasteiger partial charge in [0, 0.05) is 24.7 Å². The summed E-state index contributed by atoms with van der Waals surface area (Å²) in [5.74, 6) is 0.501. The number of carbonyl (C=O) groups excluding carboxylic acids is 1. The highest BCUT2D eigenvalue weighted by atomic mass is 16.1. The van der Waals surface area contributed by atoms with Crippen molar-refractivity contribution in [3.05, 3.63) is 35.6 Å². The molecule has 1 amide bonds. The molecule has 17 heavy (non-hydrogen) atoms. The van der Waals surface area contributed by atoms with Gasteiger partial charge in [-0.15, -0.1) is 0 Å². The molecule has 2 aliphatic heterocycles. The van der Waals surface area contributed by atoms with Gasteiger partial charge < -0.3 is 10.6 Å². The van der Waals surface area contributed by atoms with E-state index < -0.39 is 0 Å². The molecule has 3 heteroatoms. The number of allylic oxidation sites excluding steroid dienone is 5. The Morgan fingerprint density at radius 3 is 3.12 bits per heavy atom. The van der Waals surface area contributed by atoms with Crippen molar-refractivity contribution in [2.75, 3.05) is 13.1 Å². The number of primary amides is 1. The van der Waals surface area contributed by atoms with Crippen LogP contribution in [0.5, 0.6) is 0 Å². The molecule has 0 radical (unpaired) electrons. The third-order valence-corrected chi connectivity index (χ3v) is 4.09. The molecular weight excluding hydrogens is 212 g/mol. The molecule has 3 rings (SSSR count). The van der Waals surface area contributed by atoms with E-state index in [4.69, 9.17) is 5.73 Å². The van der Waals surface area contributed by atoms with Gasteiger partial charge in [-0.05, 0) is 30.9 Å². The molecular formula is C14H18N2O. The first kappa shape index (κ1) is 10.6. The van der Waals surface area contributed by atoms with Gasteiger partial charge in [-0.2, -0.15) is 0 Å². The summed E-state index contributed by atoms with van der Waals surface area (Å²) in [6, 6.07) is 0. The van der Waals surface area contributed by atoms with Crippen molar-refractivity contribution >= 4 is 5.91 Å². The van der Waals surface area contributed by atoms with E-state index in [1.807, 2.05) is 0 Å². The van der Waals surface area contributed by atoms with Crippen LogP contribution < -0.4 is 5.73 Å². The molecule has 0 aromatic heterocycles. The highest BCUT2D eigenvalue weighted by Gasteiger charge is 2.31. The van der Waals surface area contributed by atoms with Crippen molar-refractivity contribution in [2.24, 2.45) is 17.6 Å². The first-order chi connectivity index (χ1) is 8.24. The molecule has 0 spiro atoms. The second kappa shape index (κ2) is 4.06. The van der Waals surface area contributed by atoms with Crippen molar-refractivity contribution < 1.29 is 4.79 Å². The molecule has 3 nitrogen and oxygen atoms in total. The molecule has 0 aromatic carbocycles. The highest BCUT2D eigenvalue weighted by molar-refractivity contribution is 5.77. The molecule has 90 valence electrons. The molecule has 2 heterocycles. The van der Waals surface area contributed by atoms with Crippen LogP contribution in [0.3, 0.4) is 0 Å². The fourth-order valence-corrected chi connectivity index (χ4v) is 3.04. The van der Waals surface area contributed by atoms with Crippen LogP contribution in [0.2, 0.25) is 0 Å². The number of nitrogens with zero attached hydrogens (tertiary/aromatic N) is 1. The molecule has 1 saturated heterocycles. The lowest BCUT2D eigenvalue weighted by molar-refractivity contribution is -0.123. The van der Waals surface area contributed by atoms with E-state index in [1.165, 1.54) is 11.3 Å². The maximum Gasteiger partial charge on any atom is 0.222 e. The molecule has 0 aromatic rings. The highest BCUT2D eigenvalue weighted by Crippen LogP contribution is 2.35. The summed E-state index contributed by atoms with van der Waals surface area (Å²) in [6.45, 7) is 1.86. The molecule has 1 fully saturated rings. The minimum absolute atomic E-state index is 0.0387. The van der Waals surface area contributed by atoms with Crippen LogP contribution >= 0.6 is 0 Å². The third-order valence-electron chi connectivity index (χ3n) is 4.09. The molecule has 1 aliphatic carbocycles. The number of nitrogens with two attached hydrogens (primary N) is 1. The quantitative estimate of drug-likeness (QED) is 0.743. The number of piperidine rings is 1. The van der Waals surface area contributed by atoms with Crippen molar-refractivity contribution in [3.8, 4) is 0 Å². The summed E-state index contributed by atoms with van der Waals surface area (Å²) in [6.07, 6.45) is 11.9. The number of hydrogen-bond acceptors (Lipinski definition) is 2. The Labute approximate surface area is 102 Å². The van der Waals surface area contributed by atoms with Crippen molar-refractivity contribution in [1.82, 2.24) is 4.90 Å². The lowest BCUT2D eigenvalue weighted by atomic mass is 9.83. The van der Waals surface area contributed by atoms with E-state index in [9.17, 15) is 4.79 Å². The molecule has 0 bridgehead atoms. The number of amides is 1. The molecule has 3 aliphatic rings. The monoisotopic (exact) mass is 230 g/mol. The molecule has 2 N–H and O–H groups in total. The second-order valence-corrected chi connectivity index (χ2v) is 5.21. The zero-order chi connectivity index (χ0) is 11.8. The Morgan fingerprint density at radius 1 is 1.41 bits per heavy atom. The van der Waals surface area contributed by atoms with Gasteiger partial charge in [0.25, 0.3) is 0 Å². The van der Waals surface area contributed by atoms with Crippen LogP contribution in [-0.2, 0) is 4.79 Å². The molecule has 2 atom stereocenters. The standard InChI is InChI=1S/C14H18N2O/c15-14(17)12-5-6-13-7-10-3-1-2-4-11(10)8-16(13)9-12/h1-3,7,11-12H,4-6,8-9H2,(H2,15,17). The summed E-state index contributed by atoms with van der Waals surface area (Å²) in [7, 11) is 0. The Hall–Kier alpha value is -1.51. The fourth-order valence-electron chi connectivity index (χ4n) is 3.04. The van der Waals surface area contributed by atoms with E-state index in [1.54, 1.807) is 0 Å². The van der Waals surface area contributed by atoms with E-state index in [0.29, 0.717) is 5.92 Å². The van der Waals surface area contributed by atoms with Gasteiger partial charge in [0.2, 0.25) is 5.91 Å². The van der Waals surface area contributed by atoms with Gasteiger partial charge in [0.05, 0.1) is 5.92 Å². The van der Waals surface area contributed by atoms with Gasteiger partial charge in [-0.1, -0.05) is 18.2 Å². The van der Waals surface area contributed by atoms with Crippen LogP contribution in [0.25, 0.3) is 0 Å². The van der Waals surface area contributed by atoms with Crippen molar-refractivity contribution in [2.45, 2.75) is 19.3 Å². The Balaban J connectivity index is 1.82. The van der Waals surface area contributed by atoms with Crippen LogP contribution in [-0.4, -0.2) is 23.9 Å². The summed E-state index contributed by atoms with van der Waals surface area (Å²) in [5.41, 5.74) is 8.26. The number of fused-ring (bicyclic) bond motifs is 2. The lowest BCUT2D eigenvalue weighted by Crippen LogP contribution is -2.44. The second-order valence-electron chi connectivity index (χ2n) is 5.21. The zero-order valence-corrected chi connectivity index (χ0v) is 9.93. The molecule has 2 unspecified atom stereocenters. The predicted molar refractivity (Wildman–Crippen MR) is 66.9 cm³/mol. The average molecular weight is 230 g/mol. The van der Waals surface area contributed by atoms with Gasteiger partial charge in [-0.25, -0.2) is 0 Å². The van der Waals surface area contributed by atoms with Crippen molar-refractivity contribution in [3.63, 3.8) is 0 Å². The summed E-state index contributed by atoms with van der Waals surface area (Å²) >= 11 is 0. The Morgan fingerprint density at radius 2 is 2.29 bits per heavy atom. The predicted octanol–water partition coefficient (Wildman–Crippen LogP) is 1.58. The van der Waals surface area contributed by atoms with Crippen LogP contribution in [0.15, 0.2) is 35.6 Å². The maximum atomic E-state index is 11.3. The van der Waals surface area contributed by atoms with E-state index in [-0.39, 0.29) is 11.8 Å². The summed E-state index contributed by atoms with van der Waals surface area (Å²) in [4.78, 5) is 13.6. The SMILES string of the molecule is NC(=O)C1CCC2=CC3=CC=CCC3CN2C1. The lowest BCUT2D eigenvalue weighted by Gasteiger charge is -2.41. The number of hydrogen-bond donors (Lipinski definition) is 1. The van der Waals surface area contributed by atoms with Crippen LogP contribution in [0, 0.1) is 11.8 Å². The fraction of sp³-hybridized carbons (Fsp3) is 0.500. The smallest absolute Gasteiger partial charge is 0.222 e. The number of carbonyl (C=O) groups is 1. The van der Waals surface area contributed by atoms with E-state index in [2.05, 4.69) is 29.2 Å². The van der Waals surface area contributed by atoms with E-state index >= 15 is 0 Å². The van der Waals surface area contributed by atoms with Gasteiger partial charge in [0.15, 0.2) is 0 Å². The Bertz CT molecular complexity index is 434. The normalized spacial score (nSPS) is 31.2. The van der Waals surface area contributed by atoms with Crippen LogP contribution in [0.4, 0.5) is 0 Å². The summed E-state index contributed by atoms with van der Waals surface area (Å²) in [5, 5.41) is 0. The minimum Gasteiger partial charge on any atom is -0.373 e. The average Bonchev–Trinajstić information content (AvgIpc) is 2.35. The van der Waals surface area contributed by atoms with Crippen LogP contribution in [0.1, 0.15) is 19.3 Å². The summed E-state index contributed by atoms with van der Waals surface area (Å²) < 4.78 is 0. The zero-order valence-electron chi connectivity index (χ0n) is 9.93. The topological polar surface area (TPSA) is 46.3 Å². The van der Waals surface area contributed by atoms with Crippen molar-refractivity contribution in [1.29, 1.82) is 0 Å². The van der Waals surface area contributed by atoms with E-state index in [0.717, 1.165) is 32.4 Å². The largest absolute Gasteiger partial charge is 0.373 e. The van der Waals surface area contributed by atoms with Gasteiger partial charge >= 0.3 is 0 Å². The first-order valence-corrected chi connectivity index (χ1v) is 6.35. The Kier molecular flexibility index (Phi) is 2.54. The van der Waals surface area contributed by atoms with Gasteiger partial charge in [-0.3, -0.25) is 4.79 Å².